The van der Waals surface area contributed by atoms with E-state index in [2.05, 4.69) is 231 Å². The summed E-state index contributed by atoms with van der Waals surface area (Å²) in [5.41, 5.74) is 15.6. The summed E-state index contributed by atoms with van der Waals surface area (Å²) in [6.07, 6.45) is 0. The lowest BCUT2D eigenvalue weighted by molar-refractivity contribution is 0.664. The molecule has 0 amide bonds. The van der Waals surface area contributed by atoms with Crippen LogP contribution in [-0.2, 0) is 5.41 Å². The van der Waals surface area contributed by atoms with Gasteiger partial charge in [-0.25, -0.2) is 0 Å². The Kier molecular flexibility index (Phi) is 7.32. The van der Waals surface area contributed by atoms with Crippen molar-refractivity contribution in [3.8, 4) is 39.1 Å². The Morgan fingerprint density at radius 1 is 0.343 bits per heavy atom. The quantitative estimate of drug-likeness (QED) is 0.128. The first-order valence-electron chi connectivity index (χ1n) is 23.4. The normalized spacial score (nSPS) is 13.3. The number of hydrogen-bond acceptors (Lipinski definition) is 1. The molecular formula is C65H41NO. The average molecular weight is 852 g/mol. The van der Waals surface area contributed by atoms with Crippen molar-refractivity contribution in [3.05, 3.63) is 223 Å². The van der Waals surface area contributed by atoms with Crippen LogP contribution in [-0.4, -0.2) is 4.57 Å². The van der Waals surface area contributed by atoms with E-state index in [9.17, 15) is 0 Å². The molecule has 0 bridgehead atoms. The SMILES string of the molecule is CC1(C)c2ccccc2-c2ccc3c4cc(-c5c6ccccc6c(-c6ccc7c(c6)oc6cc8c9ccccc9c9ccccc9c8cc67)c6ccccc56)ccc4n(-c4ccccc4)c3c21. The lowest BCUT2D eigenvalue weighted by Crippen LogP contribution is -2.16. The third-order valence-electron chi connectivity index (χ3n) is 15.3. The zero-order chi connectivity index (χ0) is 44.1. The summed E-state index contributed by atoms with van der Waals surface area (Å²) in [6, 6.07) is 78.8. The summed E-state index contributed by atoms with van der Waals surface area (Å²) in [4.78, 5) is 0. The standard InChI is InChI=1S/C65H41NO/c1-65(2)57-27-15-14-22-45(57)51-31-32-52-55-34-38(29-33-58(55)66(64(52)63(51)65)40-16-4-3-5-17-40)61-47-23-10-12-25-49(47)62(50-26-13-11-24-48(50)61)39-28-30-46-56-36-53-43-20-8-6-18-41(43)42-19-7-9-21-44(42)54(53)37-60(56)67-59(46)35-39/h3-37H,1-2H3. The monoisotopic (exact) mass is 851 g/mol. The van der Waals surface area contributed by atoms with Crippen LogP contribution in [0.2, 0.25) is 0 Å². The van der Waals surface area contributed by atoms with Crippen molar-refractivity contribution in [1.82, 2.24) is 4.57 Å². The topological polar surface area (TPSA) is 18.1 Å². The predicted molar refractivity (Wildman–Crippen MR) is 284 cm³/mol. The molecule has 0 unspecified atom stereocenters. The molecule has 0 atom stereocenters. The molecule has 0 N–H and O–H groups in total. The summed E-state index contributed by atoms with van der Waals surface area (Å²) in [7, 11) is 0. The summed E-state index contributed by atoms with van der Waals surface area (Å²) in [6.45, 7) is 4.79. The Bertz CT molecular complexity index is 4410. The van der Waals surface area contributed by atoms with E-state index in [4.69, 9.17) is 4.42 Å². The van der Waals surface area contributed by atoms with Crippen molar-refractivity contribution in [1.29, 1.82) is 0 Å². The Labute approximate surface area is 386 Å². The van der Waals surface area contributed by atoms with Crippen LogP contribution in [0.1, 0.15) is 25.0 Å². The van der Waals surface area contributed by atoms with E-state index in [-0.39, 0.29) is 5.41 Å². The number of fused-ring (bicyclic) bond motifs is 18. The zero-order valence-electron chi connectivity index (χ0n) is 37.1. The second-order valence-electron chi connectivity index (χ2n) is 19.1. The maximum Gasteiger partial charge on any atom is 0.136 e. The highest BCUT2D eigenvalue weighted by atomic mass is 16.3. The summed E-state index contributed by atoms with van der Waals surface area (Å²) in [5.74, 6) is 0. The number of nitrogens with zero attached hydrogens (tertiary/aromatic N) is 1. The fraction of sp³-hybridized carbons (Fsp3) is 0.0462. The van der Waals surface area contributed by atoms with E-state index in [0.717, 1.165) is 27.5 Å². The van der Waals surface area contributed by atoms with Gasteiger partial charge in [0.05, 0.1) is 11.0 Å². The van der Waals surface area contributed by atoms with Gasteiger partial charge in [0.15, 0.2) is 0 Å². The second-order valence-corrected chi connectivity index (χ2v) is 19.1. The molecular weight excluding hydrogens is 811 g/mol. The molecule has 0 spiro atoms. The molecule has 0 radical (unpaired) electrons. The van der Waals surface area contributed by atoms with Gasteiger partial charge in [-0.05, 0) is 147 Å². The minimum atomic E-state index is -0.166. The van der Waals surface area contributed by atoms with Gasteiger partial charge in [-0.3, -0.25) is 0 Å². The Balaban J connectivity index is 0.956. The first-order chi connectivity index (χ1) is 33.0. The number of rotatable bonds is 3. The summed E-state index contributed by atoms with van der Waals surface area (Å²) in [5, 5.41) is 17.2. The fourth-order valence-electron chi connectivity index (χ4n) is 12.4. The Morgan fingerprint density at radius 2 is 0.851 bits per heavy atom. The first-order valence-corrected chi connectivity index (χ1v) is 23.4. The molecule has 2 heterocycles. The number of para-hydroxylation sites is 1. The van der Waals surface area contributed by atoms with Crippen LogP contribution in [0.15, 0.2) is 217 Å². The highest BCUT2D eigenvalue weighted by molar-refractivity contribution is 6.29. The Hall–Kier alpha value is -8.46. The van der Waals surface area contributed by atoms with E-state index in [1.54, 1.807) is 0 Å². The van der Waals surface area contributed by atoms with Crippen molar-refractivity contribution >= 4 is 97.6 Å². The molecule has 0 saturated heterocycles. The van der Waals surface area contributed by atoms with E-state index in [0.29, 0.717) is 0 Å². The maximum absolute atomic E-state index is 6.87. The number of hydrogen-bond donors (Lipinski definition) is 0. The zero-order valence-corrected chi connectivity index (χ0v) is 37.1. The lowest BCUT2D eigenvalue weighted by atomic mass is 9.81. The highest BCUT2D eigenvalue weighted by Crippen LogP contribution is 2.54. The molecule has 312 valence electrons. The lowest BCUT2D eigenvalue weighted by Gasteiger charge is -2.23. The van der Waals surface area contributed by atoms with Gasteiger partial charge in [0.2, 0.25) is 0 Å². The van der Waals surface area contributed by atoms with Crippen molar-refractivity contribution < 1.29 is 4.42 Å². The van der Waals surface area contributed by atoms with Crippen LogP contribution in [0.4, 0.5) is 0 Å². The first kappa shape index (κ1) is 36.8. The van der Waals surface area contributed by atoms with Gasteiger partial charge in [0.25, 0.3) is 0 Å². The minimum absolute atomic E-state index is 0.166. The molecule has 0 saturated carbocycles. The van der Waals surface area contributed by atoms with E-state index >= 15 is 0 Å². The van der Waals surface area contributed by atoms with Crippen molar-refractivity contribution in [2.45, 2.75) is 19.3 Å². The maximum atomic E-state index is 6.87. The fourth-order valence-corrected chi connectivity index (χ4v) is 12.4. The third kappa shape index (κ3) is 4.94. The largest absolute Gasteiger partial charge is 0.456 e. The smallest absolute Gasteiger partial charge is 0.136 e. The molecule has 0 aliphatic heterocycles. The summed E-state index contributed by atoms with van der Waals surface area (Å²) < 4.78 is 9.38. The number of benzene rings is 12. The van der Waals surface area contributed by atoms with Crippen LogP contribution < -0.4 is 0 Å². The molecule has 12 aromatic carbocycles. The van der Waals surface area contributed by atoms with Gasteiger partial charge in [0.1, 0.15) is 11.2 Å². The molecule has 1 aliphatic carbocycles. The molecule has 15 rings (SSSR count). The van der Waals surface area contributed by atoms with Crippen LogP contribution in [0.5, 0.6) is 0 Å². The van der Waals surface area contributed by atoms with E-state index in [1.165, 1.54) is 120 Å². The van der Waals surface area contributed by atoms with Crippen molar-refractivity contribution in [2.75, 3.05) is 0 Å². The molecule has 2 nitrogen and oxygen atoms in total. The number of furan rings is 1. The molecule has 67 heavy (non-hydrogen) atoms. The highest BCUT2D eigenvalue weighted by Gasteiger charge is 2.38. The van der Waals surface area contributed by atoms with Crippen molar-refractivity contribution in [2.24, 2.45) is 0 Å². The predicted octanol–water partition coefficient (Wildman–Crippen LogP) is 18.1. The average Bonchev–Trinajstić information content (AvgIpc) is 3.99. The third-order valence-corrected chi connectivity index (χ3v) is 15.3. The van der Waals surface area contributed by atoms with Crippen LogP contribution in [0, 0.1) is 0 Å². The van der Waals surface area contributed by atoms with Gasteiger partial charge in [-0.1, -0.05) is 178 Å². The van der Waals surface area contributed by atoms with Gasteiger partial charge < -0.3 is 8.98 Å². The molecule has 2 aromatic heterocycles. The second kappa shape index (κ2) is 13.3. The Morgan fingerprint density at radius 3 is 1.51 bits per heavy atom. The van der Waals surface area contributed by atoms with Crippen molar-refractivity contribution in [3.63, 3.8) is 0 Å². The minimum Gasteiger partial charge on any atom is -0.456 e. The molecule has 2 heteroatoms. The van der Waals surface area contributed by atoms with Crippen LogP contribution >= 0.6 is 0 Å². The molecule has 1 aliphatic rings. The molecule has 0 fully saturated rings. The van der Waals surface area contributed by atoms with Gasteiger partial charge in [0, 0.05) is 32.6 Å². The summed E-state index contributed by atoms with van der Waals surface area (Å²) >= 11 is 0. The van der Waals surface area contributed by atoms with Crippen LogP contribution in [0.25, 0.3) is 137 Å². The van der Waals surface area contributed by atoms with E-state index in [1.807, 2.05) is 0 Å². The van der Waals surface area contributed by atoms with Crippen LogP contribution in [0.3, 0.4) is 0 Å². The van der Waals surface area contributed by atoms with E-state index < -0.39 is 0 Å². The van der Waals surface area contributed by atoms with Gasteiger partial charge in [-0.2, -0.15) is 0 Å². The molecule has 14 aromatic rings. The van der Waals surface area contributed by atoms with Gasteiger partial charge >= 0.3 is 0 Å². The number of aromatic nitrogens is 1. The van der Waals surface area contributed by atoms with Gasteiger partial charge in [-0.15, -0.1) is 0 Å².